The molecule has 3 nitrogen and oxygen atoms in total. The van der Waals surface area contributed by atoms with E-state index in [2.05, 4.69) is 19.2 Å². The van der Waals surface area contributed by atoms with Gasteiger partial charge in [-0.15, -0.1) is 0 Å². The Morgan fingerprint density at radius 1 is 1.41 bits per heavy atom. The van der Waals surface area contributed by atoms with Crippen LogP contribution in [0.2, 0.25) is 0 Å². The molecule has 0 spiro atoms. The molecule has 0 heterocycles. The first-order valence-electron chi connectivity index (χ1n) is 5.90. The minimum Gasteiger partial charge on any atom is -0.366 e. The summed E-state index contributed by atoms with van der Waals surface area (Å²) in [6, 6.07) is 4.73. The highest BCUT2D eigenvalue weighted by Gasteiger charge is 2.08. The number of halogens is 1. The smallest absolute Gasteiger partial charge is 0.248 e. The second-order valence-corrected chi connectivity index (χ2v) is 4.06. The number of hydrogen-bond acceptors (Lipinski definition) is 2. The lowest BCUT2D eigenvalue weighted by Crippen LogP contribution is -2.27. The summed E-state index contributed by atoms with van der Waals surface area (Å²) in [5.74, 6) is -0.997. The number of carbonyl (C=O) groups is 1. The molecule has 0 unspecified atom stereocenters. The van der Waals surface area contributed by atoms with Crippen molar-refractivity contribution in [2.45, 2.75) is 39.3 Å². The van der Waals surface area contributed by atoms with Crippen LogP contribution in [0.15, 0.2) is 18.2 Å². The number of benzene rings is 1. The zero-order valence-electron chi connectivity index (χ0n) is 10.3. The standard InChI is InChI=1S/C13H19FN2O/c1-3-11(4-2)16-8-10-6-5-9(13(15)17)7-12(10)14/h5-7,11,16H,3-4,8H2,1-2H3,(H2,15,17). The van der Waals surface area contributed by atoms with Gasteiger partial charge in [-0.2, -0.15) is 0 Å². The van der Waals surface area contributed by atoms with Crippen LogP contribution in [-0.2, 0) is 6.54 Å². The number of hydrogen-bond donors (Lipinski definition) is 2. The molecule has 0 aromatic heterocycles. The Morgan fingerprint density at radius 3 is 2.53 bits per heavy atom. The summed E-state index contributed by atoms with van der Waals surface area (Å²) in [6.45, 7) is 4.65. The molecule has 0 bridgehead atoms. The lowest BCUT2D eigenvalue weighted by atomic mass is 10.1. The third-order valence-corrected chi connectivity index (χ3v) is 2.90. The van der Waals surface area contributed by atoms with E-state index in [-0.39, 0.29) is 11.4 Å². The maximum absolute atomic E-state index is 13.6. The minimum atomic E-state index is -0.608. The van der Waals surface area contributed by atoms with Gasteiger partial charge in [0, 0.05) is 23.7 Å². The van der Waals surface area contributed by atoms with Crippen LogP contribution in [0.5, 0.6) is 0 Å². The van der Waals surface area contributed by atoms with Crippen LogP contribution in [0.25, 0.3) is 0 Å². The molecule has 94 valence electrons. The molecule has 1 aromatic rings. The summed E-state index contributed by atoms with van der Waals surface area (Å²) in [6.07, 6.45) is 2.02. The first-order chi connectivity index (χ1) is 8.08. The fourth-order valence-corrected chi connectivity index (χ4v) is 1.68. The molecule has 0 atom stereocenters. The van der Waals surface area contributed by atoms with Crippen LogP contribution in [0.1, 0.15) is 42.6 Å². The molecule has 0 radical (unpaired) electrons. The molecule has 1 aromatic carbocycles. The van der Waals surface area contributed by atoms with Crippen molar-refractivity contribution in [1.29, 1.82) is 0 Å². The lowest BCUT2D eigenvalue weighted by molar-refractivity contribution is 0.1000. The van der Waals surface area contributed by atoms with Crippen molar-refractivity contribution < 1.29 is 9.18 Å². The summed E-state index contributed by atoms with van der Waals surface area (Å²) in [7, 11) is 0. The van der Waals surface area contributed by atoms with E-state index in [1.165, 1.54) is 6.07 Å². The Balaban J connectivity index is 2.69. The van der Waals surface area contributed by atoms with Crippen LogP contribution < -0.4 is 11.1 Å². The van der Waals surface area contributed by atoms with Crippen LogP contribution in [-0.4, -0.2) is 11.9 Å². The number of amides is 1. The van der Waals surface area contributed by atoms with Crippen molar-refractivity contribution in [2.75, 3.05) is 0 Å². The van der Waals surface area contributed by atoms with Gasteiger partial charge in [0.25, 0.3) is 0 Å². The molecule has 0 aliphatic carbocycles. The highest BCUT2D eigenvalue weighted by molar-refractivity contribution is 5.92. The normalized spacial score (nSPS) is 10.8. The summed E-state index contributed by atoms with van der Waals surface area (Å²) in [4.78, 5) is 10.9. The largest absolute Gasteiger partial charge is 0.366 e. The monoisotopic (exact) mass is 238 g/mol. The fourth-order valence-electron chi connectivity index (χ4n) is 1.68. The number of nitrogens with one attached hydrogen (secondary N) is 1. The Kier molecular flexibility index (Phi) is 5.10. The van der Waals surface area contributed by atoms with E-state index in [0.29, 0.717) is 18.2 Å². The molecule has 0 saturated heterocycles. The van der Waals surface area contributed by atoms with E-state index in [1.807, 2.05) is 0 Å². The topological polar surface area (TPSA) is 55.1 Å². The maximum atomic E-state index is 13.6. The van der Waals surface area contributed by atoms with Crippen molar-refractivity contribution in [3.63, 3.8) is 0 Å². The van der Waals surface area contributed by atoms with Crippen molar-refractivity contribution in [2.24, 2.45) is 5.73 Å². The molecule has 0 saturated carbocycles. The summed E-state index contributed by atoms with van der Waals surface area (Å²) in [5, 5.41) is 3.27. The zero-order valence-corrected chi connectivity index (χ0v) is 10.3. The molecule has 4 heteroatoms. The van der Waals surface area contributed by atoms with Crippen LogP contribution >= 0.6 is 0 Å². The van der Waals surface area contributed by atoms with Crippen LogP contribution in [0, 0.1) is 5.82 Å². The van der Waals surface area contributed by atoms with Gasteiger partial charge < -0.3 is 11.1 Å². The number of carbonyl (C=O) groups excluding carboxylic acids is 1. The first kappa shape index (κ1) is 13.6. The number of nitrogens with two attached hydrogens (primary N) is 1. The SMILES string of the molecule is CCC(CC)NCc1ccc(C(N)=O)cc1F. The van der Waals surface area contributed by atoms with E-state index in [0.717, 1.165) is 12.8 Å². The molecule has 1 rings (SSSR count). The highest BCUT2D eigenvalue weighted by atomic mass is 19.1. The van der Waals surface area contributed by atoms with Crippen molar-refractivity contribution in [1.82, 2.24) is 5.32 Å². The van der Waals surface area contributed by atoms with E-state index >= 15 is 0 Å². The van der Waals surface area contributed by atoms with Crippen molar-refractivity contribution in [3.05, 3.63) is 35.1 Å². The zero-order chi connectivity index (χ0) is 12.8. The van der Waals surface area contributed by atoms with Gasteiger partial charge in [-0.05, 0) is 25.0 Å². The molecule has 1 amide bonds. The third kappa shape index (κ3) is 3.82. The van der Waals surface area contributed by atoms with Gasteiger partial charge in [-0.25, -0.2) is 4.39 Å². The third-order valence-electron chi connectivity index (χ3n) is 2.90. The van der Waals surface area contributed by atoms with Gasteiger partial charge in [0.15, 0.2) is 0 Å². The first-order valence-corrected chi connectivity index (χ1v) is 5.90. The van der Waals surface area contributed by atoms with Crippen molar-refractivity contribution >= 4 is 5.91 Å². The van der Waals surface area contributed by atoms with Gasteiger partial charge in [-0.3, -0.25) is 4.79 Å². The number of primary amides is 1. The Morgan fingerprint density at radius 2 is 2.06 bits per heavy atom. The average Bonchev–Trinajstić information content (AvgIpc) is 2.31. The molecule has 0 fully saturated rings. The van der Waals surface area contributed by atoms with Gasteiger partial charge in [0.1, 0.15) is 5.82 Å². The molecular weight excluding hydrogens is 219 g/mol. The van der Waals surface area contributed by atoms with Gasteiger partial charge >= 0.3 is 0 Å². The highest BCUT2D eigenvalue weighted by Crippen LogP contribution is 2.11. The molecule has 0 aliphatic rings. The maximum Gasteiger partial charge on any atom is 0.248 e. The second kappa shape index (κ2) is 6.35. The fraction of sp³-hybridized carbons (Fsp3) is 0.462. The van der Waals surface area contributed by atoms with E-state index in [4.69, 9.17) is 5.73 Å². The predicted molar refractivity (Wildman–Crippen MR) is 66.1 cm³/mol. The quantitative estimate of drug-likeness (QED) is 0.798. The van der Waals surface area contributed by atoms with Gasteiger partial charge in [0.2, 0.25) is 5.91 Å². The molecule has 17 heavy (non-hydrogen) atoms. The predicted octanol–water partition coefficient (Wildman–Crippen LogP) is 2.20. The second-order valence-electron chi connectivity index (χ2n) is 4.06. The summed E-state index contributed by atoms with van der Waals surface area (Å²) < 4.78 is 13.6. The van der Waals surface area contributed by atoms with Crippen LogP contribution in [0.4, 0.5) is 4.39 Å². The van der Waals surface area contributed by atoms with Gasteiger partial charge in [-0.1, -0.05) is 19.9 Å². The Bertz CT molecular complexity index is 389. The molecular formula is C13H19FN2O. The summed E-state index contributed by atoms with van der Waals surface area (Å²) in [5.41, 5.74) is 5.84. The Hall–Kier alpha value is -1.42. The Labute approximate surface area is 101 Å². The summed E-state index contributed by atoms with van der Waals surface area (Å²) >= 11 is 0. The van der Waals surface area contributed by atoms with Crippen LogP contribution in [0.3, 0.4) is 0 Å². The van der Waals surface area contributed by atoms with E-state index in [9.17, 15) is 9.18 Å². The minimum absolute atomic E-state index is 0.203. The number of rotatable bonds is 6. The van der Waals surface area contributed by atoms with E-state index in [1.54, 1.807) is 12.1 Å². The molecule has 3 N–H and O–H groups in total. The lowest BCUT2D eigenvalue weighted by Gasteiger charge is -2.15. The molecule has 0 aliphatic heterocycles. The van der Waals surface area contributed by atoms with Crippen molar-refractivity contribution in [3.8, 4) is 0 Å². The average molecular weight is 238 g/mol. The van der Waals surface area contributed by atoms with Gasteiger partial charge in [0.05, 0.1) is 0 Å². The van der Waals surface area contributed by atoms with E-state index < -0.39 is 5.91 Å².